The number of nitrogens with zero attached hydrogens (tertiary/aromatic N) is 1. The molecule has 0 spiro atoms. The predicted octanol–water partition coefficient (Wildman–Crippen LogP) is 5.24. The number of hydrogen-bond acceptors (Lipinski definition) is 5. The summed E-state index contributed by atoms with van der Waals surface area (Å²) >= 11 is 6.93. The SMILES string of the molecule is COc1ccc(Cc2nc(-c3sccc3Br)cs2)cc1OC. The van der Waals surface area contributed by atoms with E-state index < -0.39 is 0 Å². The highest BCUT2D eigenvalue weighted by molar-refractivity contribution is 9.10. The fraction of sp³-hybridized carbons (Fsp3) is 0.188. The van der Waals surface area contributed by atoms with Crippen LogP contribution in [0.25, 0.3) is 10.6 Å². The zero-order valence-corrected chi connectivity index (χ0v) is 15.3. The van der Waals surface area contributed by atoms with Crippen molar-refractivity contribution in [1.29, 1.82) is 0 Å². The van der Waals surface area contributed by atoms with Crippen LogP contribution in [0, 0.1) is 0 Å². The molecule has 0 amide bonds. The first kappa shape index (κ1) is 15.5. The van der Waals surface area contributed by atoms with Crippen molar-refractivity contribution in [2.45, 2.75) is 6.42 Å². The lowest BCUT2D eigenvalue weighted by Crippen LogP contribution is -1.93. The van der Waals surface area contributed by atoms with Crippen LogP contribution < -0.4 is 9.47 Å². The minimum atomic E-state index is 0.744. The van der Waals surface area contributed by atoms with Gasteiger partial charge in [-0.25, -0.2) is 4.98 Å². The topological polar surface area (TPSA) is 31.4 Å². The van der Waals surface area contributed by atoms with Gasteiger partial charge in [0.05, 0.1) is 29.8 Å². The van der Waals surface area contributed by atoms with Gasteiger partial charge in [0.1, 0.15) is 0 Å². The van der Waals surface area contributed by atoms with Crippen LogP contribution in [0.3, 0.4) is 0 Å². The number of hydrogen-bond donors (Lipinski definition) is 0. The summed E-state index contributed by atoms with van der Waals surface area (Å²) in [6.45, 7) is 0. The standard InChI is InChI=1S/C16H14BrNO2S2/c1-19-13-4-3-10(7-14(13)20-2)8-15-18-12(9-22-15)16-11(17)5-6-21-16/h3-7,9H,8H2,1-2H3. The highest BCUT2D eigenvalue weighted by Crippen LogP contribution is 2.35. The van der Waals surface area contributed by atoms with Crippen LogP contribution in [-0.2, 0) is 6.42 Å². The maximum absolute atomic E-state index is 5.35. The molecule has 0 aliphatic rings. The molecule has 1 aromatic carbocycles. The predicted molar refractivity (Wildman–Crippen MR) is 95.5 cm³/mol. The second-order valence-electron chi connectivity index (χ2n) is 4.59. The lowest BCUT2D eigenvalue weighted by atomic mass is 10.1. The van der Waals surface area contributed by atoms with Crippen molar-refractivity contribution in [1.82, 2.24) is 4.98 Å². The third-order valence-electron chi connectivity index (χ3n) is 3.20. The van der Waals surface area contributed by atoms with E-state index in [2.05, 4.69) is 26.7 Å². The van der Waals surface area contributed by atoms with Crippen molar-refractivity contribution in [3.63, 3.8) is 0 Å². The van der Waals surface area contributed by atoms with Gasteiger partial charge in [-0.15, -0.1) is 22.7 Å². The van der Waals surface area contributed by atoms with Gasteiger partial charge in [0, 0.05) is 16.3 Å². The van der Waals surface area contributed by atoms with Crippen molar-refractivity contribution < 1.29 is 9.47 Å². The highest BCUT2D eigenvalue weighted by Gasteiger charge is 2.11. The Morgan fingerprint density at radius 3 is 2.59 bits per heavy atom. The van der Waals surface area contributed by atoms with Gasteiger partial charge in [0.2, 0.25) is 0 Å². The van der Waals surface area contributed by atoms with Gasteiger partial charge >= 0.3 is 0 Å². The minimum Gasteiger partial charge on any atom is -0.493 e. The Morgan fingerprint density at radius 1 is 1.09 bits per heavy atom. The van der Waals surface area contributed by atoms with Gasteiger partial charge in [-0.2, -0.15) is 0 Å². The summed E-state index contributed by atoms with van der Waals surface area (Å²) in [7, 11) is 3.29. The Bertz CT molecular complexity index is 782. The molecular formula is C16H14BrNO2S2. The summed E-state index contributed by atoms with van der Waals surface area (Å²) in [5.41, 5.74) is 2.19. The number of halogens is 1. The van der Waals surface area contributed by atoms with Gasteiger partial charge in [-0.3, -0.25) is 0 Å². The molecule has 0 N–H and O–H groups in total. The highest BCUT2D eigenvalue weighted by atomic mass is 79.9. The average molecular weight is 396 g/mol. The number of benzene rings is 1. The summed E-state index contributed by atoms with van der Waals surface area (Å²) in [6, 6.07) is 8.02. The molecule has 114 valence electrons. The van der Waals surface area contributed by atoms with Crippen molar-refractivity contribution in [3.05, 3.63) is 50.1 Å². The van der Waals surface area contributed by atoms with Crippen molar-refractivity contribution in [2.75, 3.05) is 14.2 Å². The quantitative estimate of drug-likeness (QED) is 0.591. The molecule has 0 aliphatic heterocycles. The molecule has 3 aromatic rings. The van der Waals surface area contributed by atoms with E-state index in [4.69, 9.17) is 14.5 Å². The van der Waals surface area contributed by atoms with E-state index in [1.807, 2.05) is 24.3 Å². The van der Waals surface area contributed by atoms with E-state index >= 15 is 0 Å². The van der Waals surface area contributed by atoms with Crippen LogP contribution in [0.4, 0.5) is 0 Å². The number of thiophene rings is 1. The lowest BCUT2D eigenvalue weighted by Gasteiger charge is -2.08. The fourth-order valence-corrected chi connectivity index (χ4v) is 4.57. The first-order chi connectivity index (χ1) is 10.7. The Balaban J connectivity index is 1.82. The van der Waals surface area contributed by atoms with E-state index in [1.165, 1.54) is 4.88 Å². The largest absolute Gasteiger partial charge is 0.493 e. The van der Waals surface area contributed by atoms with E-state index in [9.17, 15) is 0 Å². The van der Waals surface area contributed by atoms with Gasteiger partial charge in [0.25, 0.3) is 0 Å². The average Bonchev–Trinajstić information content (AvgIpc) is 3.15. The van der Waals surface area contributed by atoms with E-state index in [0.717, 1.165) is 38.7 Å². The van der Waals surface area contributed by atoms with E-state index in [-0.39, 0.29) is 0 Å². The third-order valence-corrected chi connectivity index (χ3v) is 5.91. The molecule has 0 saturated carbocycles. The molecule has 0 radical (unpaired) electrons. The van der Waals surface area contributed by atoms with Crippen molar-refractivity contribution in [2.24, 2.45) is 0 Å². The molecule has 3 nitrogen and oxygen atoms in total. The van der Waals surface area contributed by atoms with Crippen LogP contribution in [0.1, 0.15) is 10.6 Å². The van der Waals surface area contributed by atoms with Crippen LogP contribution in [0.5, 0.6) is 11.5 Å². The summed E-state index contributed by atoms with van der Waals surface area (Å²) in [5, 5.41) is 5.25. The Kier molecular flexibility index (Phi) is 4.81. The van der Waals surface area contributed by atoms with E-state index in [0.29, 0.717) is 0 Å². The minimum absolute atomic E-state index is 0.744. The maximum atomic E-state index is 5.35. The molecule has 3 rings (SSSR count). The van der Waals surface area contributed by atoms with Crippen LogP contribution in [0.15, 0.2) is 39.5 Å². The molecule has 6 heteroatoms. The molecule has 0 fully saturated rings. The van der Waals surface area contributed by atoms with Crippen molar-refractivity contribution in [3.8, 4) is 22.1 Å². The molecule has 0 unspecified atom stereocenters. The summed E-state index contributed by atoms with van der Waals surface area (Å²) in [5.74, 6) is 1.49. The first-order valence-corrected chi connectivity index (χ1v) is 9.15. The summed E-state index contributed by atoms with van der Waals surface area (Å²) < 4.78 is 11.7. The third kappa shape index (κ3) is 3.19. The van der Waals surface area contributed by atoms with Crippen LogP contribution >= 0.6 is 38.6 Å². The monoisotopic (exact) mass is 395 g/mol. The Hall–Kier alpha value is -1.37. The zero-order valence-electron chi connectivity index (χ0n) is 12.1. The zero-order chi connectivity index (χ0) is 15.5. The molecule has 0 saturated heterocycles. The number of rotatable bonds is 5. The smallest absolute Gasteiger partial charge is 0.160 e. The summed E-state index contributed by atoms with van der Waals surface area (Å²) in [4.78, 5) is 5.91. The Labute approximate surface area is 145 Å². The fourth-order valence-electron chi connectivity index (χ4n) is 2.14. The molecule has 22 heavy (non-hydrogen) atoms. The lowest BCUT2D eigenvalue weighted by molar-refractivity contribution is 0.354. The first-order valence-electron chi connectivity index (χ1n) is 6.60. The van der Waals surface area contributed by atoms with Gasteiger partial charge in [-0.05, 0) is 45.1 Å². The normalized spacial score (nSPS) is 10.7. The molecule has 0 bridgehead atoms. The van der Waals surface area contributed by atoms with Crippen molar-refractivity contribution >= 4 is 38.6 Å². The second kappa shape index (κ2) is 6.81. The molecule has 0 aliphatic carbocycles. The molecule has 0 atom stereocenters. The summed E-state index contributed by atoms with van der Waals surface area (Å²) in [6.07, 6.45) is 0.786. The van der Waals surface area contributed by atoms with Gasteiger partial charge < -0.3 is 9.47 Å². The number of thiazole rings is 1. The van der Waals surface area contributed by atoms with Crippen LogP contribution in [0.2, 0.25) is 0 Å². The number of methoxy groups -OCH3 is 2. The number of aromatic nitrogens is 1. The van der Waals surface area contributed by atoms with Gasteiger partial charge in [-0.1, -0.05) is 6.07 Å². The van der Waals surface area contributed by atoms with E-state index in [1.54, 1.807) is 36.9 Å². The van der Waals surface area contributed by atoms with Gasteiger partial charge in [0.15, 0.2) is 11.5 Å². The molecule has 2 aromatic heterocycles. The number of ether oxygens (including phenoxy) is 2. The maximum Gasteiger partial charge on any atom is 0.160 e. The molecule has 2 heterocycles. The second-order valence-corrected chi connectivity index (χ2v) is 7.30. The molecular weight excluding hydrogens is 382 g/mol. The Morgan fingerprint density at radius 2 is 1.91 bits per heavy atom. The van der Waals surface area contributed by atoms with Crippen LogP contribution in [-0.4, -0.2) is 19.2 Å².